The van der Waals surface area contributed by atoms with Gasteiger partial charge in [-0.25, -0.2) is 4.39 Å². The average molecular weight is 267 g/mol. The number of halogens is 1. The van der Waals surface area contributed by atoms with E-state index in [1.165, 1.54) is 6.07 Å². The topological polar surface area (TPSA) is 52.7 Å². The monoisotopic (exact) mass is 267 g/mol. The Morgan fingerprint density at radius 2 is 2.00 bits per heavy atom. The van der Waals surface area contributed by atoms with E-state index in [1.54, 1.807) is 12.1 Å². The number of piperazine rings is 1. The number of β-amino-alcohol motifs (C(OH)–C–C–N with tert-alkyl or cyclic N) is 1. The molecule has 0 bridgehead atoms. The Hall–Kier alpha value is -1.17. The highest BCUT2D eigenvalue weighted by atomic mass is 19.1. The van der Waals surface area contributed by atoms with E-state index in [4.69, 9.17) is 5.73 Å². The van der Waals surface area contributed by atoms with Crippen molar-refractivity contribution < 1.29 is 9.50 Å². The van der Waals surface area contributed by atoms with Crippen LogP contribution in [0.4, 0.5) is 10.1 Å². The average Bonchev–Trinajstić information content (AvgIpc) is 2.40. The summed E-state index contributed by atoms with van der Waals surface area (Å²) >= 11 is 0. The van der Waals surface area contributed by atoms with Gasteiger partial charge in [0.15, 0.2) is 0 Å². The number of rotatable bonds is 5. The van der Waals surface area contributed by atoms with Gasteiger partial charge in [-0.05, 0) is 31.2 Å². The smallest absolute Gasteiger partial charge is 0.125 e. The molecule has 1 aliphatic heterocycles. The van der Waals surface area contributed by atoms with Crippen molar-refractivity contribution in [2.24, 2.45) is 5.73 Å². The molecule has 5 heteroatoms. The lowest BCUT2D eigenvalue weighted by atomic mass is 10.2. The number of anilines is 1. The summed E-state index contributed by atoms with van der Waals surface area (Å²) in [6, 6.07) is 6.70. The zero-order valence-electron chi connectivity index (χ0n) is 11.1. The first-order valence-corrected chi connectivity index (χ1v) is 6.80. The van der Waals surface area contributed by atoms with Gasteiger partial charge in [-0.2, -0.15) is 0 Å². The van der Waals surface area contributed by atoms with E-state index < -0.39 is 0 Å². The van der Waals surface area contributed by atoms with Gasteiger partial charge in [0.1, 0.15) is 5.82 Å². The van der Waals surface area contributed by atoms with Crippen LogP contribution in [0.25, 0.3) is 0 Å². The number of hydrogen-bond donors (Lipinski definition) is 2. The van der Waals surface area contributed by atoms with E-state index in [0.717, 1.165) is 31.9 Å². The van der Waals surface area contributed by atoms with E-state index in [-0.39, 0.29) is 11.9 Å². The molecule has 0 spiro atoms. The van der Waals surface area contributed by atoms with E-state index >= 15 is 0 Å². The second-order valence-corrected chi connectivity index (χ2v) is 5.00. The fourth-order valence-electron chi connectivity index (χ4n) is 2.44. The maximum atomic E-state index is 13.2. The normalized spacial score (nSPS) is 18.6. The molecule has 0 aromatic heterocycles. The number of hydrogen-bond acceptors (Lipinski definition) is 4. The molecule has 1 aromatic carbocycles. The Morgan fingerprint density at radius 3 is 2.63 bits per heavy atom. The van der Waals surface area contributed by atoms with Crippen LogP contribution in [0.2, 0.25) is 0 Å². The van der Waals surface area contributed by atoms with Crippen LogP contribution < -0.4 is 10.6 Å². The van der Waals surface area contributed by atoms with E-state index in [2.05, 4.69) is 9.80 Å². The molecule has 1 aromatic rings. The molecular formula is C14H22FN3O. The fourth-order valence-corrected chi connectivity index (χ4v) is 2.44. The third-order valence-corrected chi connectivity index (χ3v) is 3.51. The summed E-state index contributed by atoms with van der Waals surface area (Å²) in [6.45, 7) is 4.69. The molecule has 2 rings (SSSR count). The molecule has 0 amide bonds. The predicted octanol–water partition coefficient (Wildman–Crippen LogP) is 0.657. The summed E-state index contributed by atoms with van der Waals surface area (Å²) in [4.78, 5) is 4.41. The molecule has 1 heterocycles. The van der Waals surface area contributed by atoms with Gasteiger partial charge in [-0.3, -0.25) is 4.90 Å². The lowest BCUT2D eigenvalue weighted by Crippen LogP contribution is -2.48. The molecule has 0 radical (unpaired) electrons. The number of aliphatic hydroxyl groups is 1. The number of nitrogens with two attached hydrogens (primary N) is 1. The Labute approximate surface area is 113 Å². The van der Waals surface area contributed by atoms with Crippen LogP contribution in [-0.2, 0) is 0 Å². The van der Waals surface area contributed by atoms with Gasteiger partial charge in [-0.15, -0.1) is 0 Å². The van der Waals surface area contributed by atoms with Crippen molar-refractivity contribution in [1.29, 1.82) is 0 Å². The largest absolute Gasteiger partial charge is 0.392 e. The zero-order valence-corrected chi connectivity index (χ0v) is 11.1. The Kier molecular flexibility index (Phi) is 5.13. The summed E-state index contributed by atoms with van der Waals surface area (Å²) < 4.78 is 13.2. The zero-order chi connectivity index (χ0) is 13.7. The maximum Gasteiger partial charge on any atom is 0.125 e. The van der Waals surface area contributed by atoms with Gasteiger partial charge in [0.05, 0.1) is 6.10 Å². The SMILES string of the molecule is NCCC(O)CN1CCN(c2cccc(F)c2)CC1. The molecule has 0 aliphatic carbocycles. The van der Waals surface area contributed by atoms with Crippen molar-refractivity contribution in [1.82, 2.24) is 4.90 Å². The lowest BCUT2D eigenvalue weighted by molar-refractivity contribution is 0.104. The first-order chi connectivity index (χ1) is 9.19. The standard InChI is InChI=1S/C14H22FN3O/c15-12-2-1-3-13(10-12)18-8-6-17(7-9-18)11-14(19)4-5-16/h1-3,10,14,19H,4-9,11,16H2. The Bertz CT molecular complexity index is 394. The molecule has 0 saturated carbocycles. The maximum absolute atomic E-state index is 13.2. The van der Waals surface area contributed by atoms with Crippen LogP contribution in [0, 0.1) is 5.82 Å². The highest BCUT2D eigenvalue weighted by molar-refractivity contribution is 5.46. The molecule has 4 nitrogen and oxygen atoms in total. The van der Waals surface area contributed by atoms with Crippen molar-refractivity contribution in [3.8, 4) is 0 Å². The second-order valence-electron chi connectivity index (χ2n) is 5.00. The summed E-state index contributed by atoms with van der Waals surface area (Å²) in [6.07, 6.45) is 0.301. The van der Waals surface area contributed by atoms with Crippen LogP contribution in [0.1, 0.15) is 6.42 Å². The quantitative estimate of drug-likeness (QED) is 0.823. The van der Waals surface area contributed by atoms with Crippen LogP contribution in [0.5, 0.6) is 0 Å². The van der Waals surface area contributed by atoms with Gasteiger partial charge in [0.25, 0.3) is 0 Å². The highest BCUT2D eigenvalue weighted by Gasteiger charge is 2.19. The second kappa shape index (κ2) is 6.84. The number of nitrogens with zero attached hydrogens (tertiary/aromatic N) is 2. The van der Waals surface area contributed by atoms with Gasteiger partial charge >= 0.3 is 0 Å². The molecule has 1 fully saturated rings. The molecule has 19 heavy (non-hydrogen) atoms. The lowest BCUT2D eigenvalue weighted by Gasteiger charge is -2.36. The van der Waals surface area contributed by atoms with Crippen molar-refractivity contribution in [2.75, 3.05) is 44.2 Å². The Morgan fingerprint density at radius 1 is 1.26 bits per heavy atom. The molecular weight excluding hydrogens is 245 g/mol. The number of benzene rings is 1. The van der Waals surface area contributed by atoms with Crippen molar-refractivity contribution in [2.45, 2.75) is 12.5 Å². The van der Waals surface area contributed by atoms with E-state index in [1.807, 2.05) is 6.07 Å². The minimum atomic E-state index is -0.342. The van der Waals surface area contributed by atoms with Gasteiger partial charge in [0, 0.05) is 38.4 Å². The van der Waals surface area contributed by atoms with Crippen LogP contribution in [0.15, 0.2) is 24.3 Å². The summed E-state index contributed by atoms with van der Waals surface area (Å²) in [5.41, 5.74) is 6.36. The van der Waals surface area contributed by atoms with Crippen molar-refractivity contribution in [3.63, 3.8) is 0 Å². The first kappa shape index (κ1) is 14.2. The molecule has 1 aliphatic rings. The minimum absolute atomic E-state index is 0.196. The van der Waals surface area contributed by atoms with Gasteiger partial charge in [0.2, 0.25) is 0 Å². The van der Waals surface area contributed by atoms with Crippen molar-refractivity contribution in [3.05, 3.63) is 30.1 Å². The molecule has 106 valence electrons. The van der Waals surface area contributed by atoms with E-state index in [9.17, 15) is 9.50 Å². The highest BCUT2D eigenvalue weighted by Crippen LogP contribution is 2.17. The summed E-state index contributed by atoms with van der Waals surface area (Å²) in [7, 11) is 0. The van der Waals surface area contributed by atoms with Crippen molar-refractivity contribution >= 4 is 5.69 Å². The third-order valence-electron chi connectivity index (χ3n) is 3.51. The van der Waals surface area contributed by atoms with Crippen LogP contribution in [-0.4, -0.2) is 55.4 Å². The summed E-state index contributed by atoms with van der Waals surface area (Å²) in [5, 5.41) is 9.74. The molecule has 1 unspecified atom stereocenters. The number of aliphatic hydroxyl groups excluding tert-OH is 1. The predicted molar refractivity (Wildman–Crippen MR) is 74.7 cm³/mol. The van der Waals surface area contributed by atoms with Crippen LogP contribution in [0.3, 0.4) is 0 Å². The Balaban J connectivity index is 1.82. The van der Waals surface area contributed by atoms with E-state index in [0.29, 0.717) is 19.5 Å². The van der Waals surface area contributed by atoms with Gasteiger partial charge < -0.3 is 15.7 Å². The van der Waals surface area contributed by atoms with Crippen LogP contribution >= 0.6 is 0 Å². The molecule has 3 N–H and O–H groups in total. The van der Waals surface area contributed by atoms with Gasteiger partial charge in [-0.1, -0.05) is 6.07 Å². The molecule has 1 atom stereocenters. The minimum Gasteiger partial charge on any atom is -0.392 e. The first-order valence-electron chi connectivity index (χ1n) is 6.80. The third kappa shape index (κ3) is 4.16. The summed E-state index contributed by atoms with van der Waals surface area (Å²) in [5.74, 6) is -0.196. The fraction of sp³-hybridized carbons (Fsp3) is 0.571. The molecule has 1 saturated heterocycles.